The van der Waals surface area contributed by atoms with Crippen molar-refractivity contribution in [3.63, 3.8) is 0 Å². The minimum atomic E-state index is -0.140. The van der Waals surface area contributed by atoms with Gasteiger partial charge in [-0.25, -0.2) is 0 Å². The van der Waals surface area contributed by atoms with Crippen LogP contribution in [0.25, 0.3) is 21.8 Å². The number of carbonyl (C=O) groups excluding carboxylic acids is 2. The molecule has 1 N–H and O–H groups in total. The van der Waals surface area contributed by atoms with Gasteiger partial charge in [0.2, 0.25) is 0 Å². The predicted molar refractivity (Wildman–Crippen MR) is 120 cm³/mol. The topological polar surface area (TPSA) is 65.6 Å². The van der Waals surface area contributed by atoms with Crippen LogP contribution in [0.15, 0.2) is 18.2 Å². The summed E-state index contributed by atoms with van der Waals surface area (Å²) in [7, 11) is 0. The van der Waals surface area contributed by atoms with Crippen molar-refractivity contribution >= 4 is 33.6 Å². The van der Waals surface area contributed by atoms with E-state index in [1.807, 2.05) is 0 Å². The lowest BCUT2D eigenvalue weighted by Gasteiger charge is -2.29. The number of benzene rings is 2. The average molecular weight is 418 g/mol. The Bertz CT molecular complexity index is 1240. The molecule has 1 aromatic heterocycles. The van der Waals surface area contributed by atoms with E-state index in [1.165, 1.54) is 16.0 Å². The first-order chi connectivity index (χ1) is 15.2. The number of nitrogens with zero attached hydrogens (tertiary/aromatic N) is 2. The molecule has 0 atom stereocenters. The molecule has 6 rings (SSSR count). The summed E-state index contributed by atoms with van der Waals surface area (Å²) >= 11 is 0. The van der Waals surface area contributed by atoms with E-state index < -0.39 is 0 Å². The number of hydrogen-bond acceptors (Lipinski definition) is 4. The highest BCUT2D eigenvalue weighted by atomic mass is 16.5. The number of ether oxygens (including phenoxy) is 1. The largest absolute Gasteiger partial charge is 0.379 e. The number of H-pyrrole nitrogens is 1. The number of fused-ring (bicyclic) bond motifs is 8. The molecule has 2 aliphatic heterocycles. The van der Waals surface area contributed by atoms with Crippen LogP contribution in [0.5, 0.6) is 0 Å². The van der Waals surface area contributed by atoms with E-state index >= 15 is 0 Å². The molecule has 1 saturated heterocycles. The fourth-order valence-corrected chi connectivity index (χ4v) is 5.73. The van der Waals surface area contributed by atoms with Gasteiger partial charge in [0.05, 0.1) is 36.5 Å². The van der Waals surface area contributed by atoms with E-state index in [0.29, 0.717) is 31.0 Å². The summed E-state index contributed by atoms with van der Waals surface area (Å²) in [5.74, 6) is -0.257. The number of hydrogen-bond donors (Lipinski definition) is 1. The average Bonchev–Trinajstić information content (AvgIpc) is 3.46. The molecule has 6 heteroatoms. The SMILES string of the molecule is CCCc1cccc2[nH]c3c4c(c5c(c3c12)C(=O)N(CN1CCOCC1)C5=O)CCC4. The van der Waals surface area contributed by atoms with Gasteiger partial charge in [0.15, 0.2) is 0 Å². The van der Waals surface area contributed by atoms with Crippen LogP contribution in [0, 0.1) is 0 Å². The smallest absolute Gasteiger partial charge is 0.263 e. The number of aromatic nitrogens is 1. The Hall–Kier alpha value is -2.70. The maximum Gasteiger partial charge on any atom is 0.263 e. The first kappa shape index (κ1) is 19.0. The molecule has 0 radical (unpaired) electrons. The molecule has 6 nitrogen and oxygen atoms in total. The number of aryl methyl sites for hydroxylation is 2. The number of morpholine rings is 1. The van der Waals surface area contributed by atoms with Gasteiger partial charge in [0.1, 0.15) is 0 Å². The van der Waals surface area contributed by atoms with E-state index in [4.69, 9.17) is 4.74 Å². The van der Waals surface area contributed by atoms with Gasteiger partial charge in [-0.1, -0.05) is 25.5 Å². The Morgan fingerprint density at radius 2 is 1.77 bits per heavy atom. The molecule has 0 unspecified atom stereocenters. The summed E-state index contributed by atoms with van der Waals surface area (Å²) in [6.45, 7) is 5.30. The predicted octanol–water partition coefficient (Wildman–Crippen LogP) is 3.65. The second-order valence-corrected chi connectivity index (χ2v) is 8.94. The molecule has 3 heterocycles. The van der Waals surface area contributed by atoms with E-state index in [9.17, 15) is 9.59 Å². The van der Waals surface area contributed by atoms with Gasteiger partial charge in [-0.2, -0.15) is 0 Å². The van der Waals surface area contributed by atoms with Crippen molar-refractivity contribution in [2.24, 2.45) is 0 Å². The van der Waals surface area contributed by atoms with Crippen molar-refractivity contribution in [3.8, 4) is 0 Å². The zero-order valence-electron chi connectivity index (χ0n) is 17.9. The van der Waals surface area contributed by atoms with Crippen LogP contribution >= 0.6 is 0 Å². The minimum absolute atomic E-state index is 0.117. The number of aromatic amines is 1. The van der Waals surface area contributed by atoms with Crippen LogP contribution < -0.4 is 0 Å². The molecule has 0 saturated carbocycles. The number of amides is 2. The Kier molecular flexibility index (Phi) is 4.40. The van der Waals surface area contributed by atoms with Gasteiger partial charge in [0.25, 0.3) is 11.8 Å². The van der Waals surface area contributed by atoms with Crippen molar-refractivity contribution in [2.75, 3.05) is 33.0 Å². The molecule has 2 amide bonds. The molecular formula is C25H27N3O3. The van der Waals surface area contributed by atoms with Crippen molar-refractivity contribution in [2.45, 2.75) is 39.0 Å². The van der Waals surface area contributed by atoms with Crippen LogP contribution in [0.1, 0.15) is 57.2 Å². The Labute approximate surface area is 181 Å². The lowest BCUT2D eigenvalue weighted by atomic mass is 9.92. The monoisotopic (exact) mass is 417 g/mol. The molecule has 0 bridgehead atoms. The second-order valence-electron chi connectivity index (χ2n) is 8.94. The molecule has 3 aromatic rings. The summed E-state index contributed by atoms with van der Waals surface area (Å²) in [6.07, 6.45) is 4.85. The Morgan fingerprint density at radius 1 is 1.00 bits per heavy atom. The molecule has 3 aliphatic rings. The molecule has 2 aromatic carbocycles. The maximum atomic E-state index is 13.7. The zero-order valence-corrected chi connectivity index (χ0v) is 17.9. The van der Waals surface area contributed by atoms with E-state index in [2.05, 4.69) is 35.0 Å². The normalized spacial score (nSPS) is 19.1. The van der Waals surface area contributed by atoms with Crippen LogP contribution in [-0.2, 0) is 24.0 Å². The Balaban J connectivity index is 1.59. The fraction of sp³-hybridized carbons (Fsp3) is 0.440. The van der Waals surface area contributed by atoms with Gasteiger partial charge in [-0.05, 0) is 48.4 Å². The summed E-state index contributed by atoms with van der Waals surface area (Å²) in [6, 6.07) is 6.33. The number of rotatable bonds is 4. The van der Waals surface area contributed by atoms with E-state index in [-0.39, 0.29) is 11.8 Å². The van der Waals surface area contributed by atoms with Crippen LogP contribution in [0.3, 0.4) is 0 Å². The highest BCUT2D eigenvalue weighted by Gasteiger charge is 2.42. The van der Waals surface area contributed by atoms with Crippen LogP contribution in [0.4, 0.5) is 0 Å². The quantitative estimate of drug-likeness (QED) is 0.658. The summed E-state index contributed by atoms with van der Waals surface area (Å²) < 4.78 is 5.44. The van der Waals surface area contributed by atoms with Crippen LogP contribution in [-0.4, -0.2) is 59.6 Å². The van der Waals surface area contributed by atoms with E-state index in [1.54, 1.807) is 0 Å². The lowest BCUT2D eigenvalue weighted by Crippen LogP contribution is -2.46. The summed E-state index contributed by atoms with van der Waals surface area (Å²) in [4.78, 5) is 34.6. The fourth-order valence-electron chi connectivity index (χ4n) is 5.73. The maximum absolute atomic E-state index is 13.7. The first-order valence-electron chi connectivity index (χ1n) is 11.5. The van der Waals surface area contributed by atoms with E-state index in [0.717, 1.165) is 72.6 Å². The number of nitrogens with one attached hydrogen (secondary N) is 1. The van der Waals surface area contributed by atoms with Gasteiger partial charge >= 0.3 is 0 Å². The Morgan fingerprint density at radius 3 is 2.58 bits per heavy atom. The highest BCUT2D eigenvalue weighted by Crippen LogP contribution is 2.44. The van der Waals surface area contributed by atoms with Crippen molar-refractivity contribution < 1.29 is 14.3 Å². The second kappa shape index (κ2) is 7.18. The van der Waals surface area contributed by atoms with Crippen LogP contribution in [0.2, 0.25) is 0 Å². The van der Waals surface area contributed by atoms with Gasteiger partial charge in [-0.15, -0.1) is 0 Å². The first-order valence-corrected chi connectivity index (χ1v) is 11.5. The zero-order chi connectivity index (χ0) is 21.1. The molecule has 1 aliphatic carbocycles. The third-order valence-electron chi connectivity index (χ3n) is 7.11. The third kappa shape index (κ3) is 2.71. The van der Waals surface area contributed by atoms with Crippen molar-refractivity contribution in [1.29, 1.82) is 0 Å². The highest BCUT2D eigenvalue weighted by molar-refractivity contribution is 6.31. The number of carbonyl (C=O) groups is 2. The van der Waals surface area contributed by atoms with Gasteiger partial charge in [-0.3, -0.25) is 19.4 Å². The molecule has 1 fully saturated rings. The minimum Gasteiger partial charge on any atom is -0.379 e. The molecule has 160 valence electrons. The standard InChI is InChI=1S/C25H27N3O3/c1-2-5-15-6-3-9-18-19(15)21-22-20(16-7-4-8-17(16)23(21)26-18)24(29)28(25(22)30)14-27-10-12-31-13-11-27/h3,6,9,26H,2,4-5,7-8,10-14H2,1H3. The molecular weight excluding hydrogens is 390 g/mol. The summed E-state index contributed by atoms with van der Waals surface area (Å²) in [5, 5.41) is 2.09. The third-order valence-corrected chi connectivity index (χ3v) is 7.11. The summed E-state index contributed by atoms with van der Waals surface area (Å²) in [5.41, 5.74) is 7.01. The van der Waals surface area contributed by atoms with Crippen molar-refractivity contribution in [3.05, 3.63) is 46.0 Å². The van der Waals surface area contributed by atoms with Gasteiger partial charge < -0.3 is 9.72 Å². The van der Waals surface area contributed by atoms with Crippen molar-refractivity contribution in [1.82, 2.24) is 14.8 Å². The van der Waals surface area contributed by atoms with Gasteiger partial charge in [0, 0.05) is 29.4 Å². The molecule has 0 spiro atoms. The number of imide groups is 1. The lowest BCUT2D eigenvalue weighted by molar-refractivity contribution is 0.0124. The molecule has 31 heavy (non-hydrogen) atoms.